The zero-order valence-corrected chi connectivity index (χ0v) is 11.0. The van der Waals surface area contributed by atoms with E-state index in [1.807, 2.05) is 0 Å². The second-order valence-corrected chi connectivity index (χ2v) is 4.45. The number of fused-ring (bicyclic) bond motifs is 1. The summed E-state index contributed by atoms with van der Waals surface area (Å²) in [6, 6.07) is 3.55. The lowest BCUT2D eigenvalue weighted by Crippen LogP contribution is -2.36. The molecular formula is C12H18N4O4. The van der Waals surface area contributed by atoms with Crippen LogP contribution in [0.15, 0.2) is 18.5 Å². The van der Waals surface area contributed by atoms with Gasteiger partial charge in [-0.05, 0) is 19.1 Å². The smallest absolute Gasteiger partial charge is 0.151 e. The van der Waals surface area contributed by atoms with Crippen LogP contribution in [0.4, 0.5) is 5.82 Å². The molecule has 0 amide bonds. The Balaban J connectivity index is 2.23. The Hall–Kier alpha value is -1.74. The molecule has 2 heterocycles. The second-order valence-electron chi connectivity index (χ2n) is 4.45. The van der Waals surface area contributed by atoms with Gasteiger partial charge in [-0.1, -0.05) is 0 Å². The summed E-state index contributed by atoms with van der Waals surface area (Å²) in [7, 11) is 0. The second kappa shape index (κ2) is 6.14. The van der Waals surface area contributed by atoms with Gasteiger partial charge in [-0.2, -0.15) is 5.10 Å². The highest BCUT2D eigenvalue weighted by atomic mass is 16.5. The van der Waals surface area contributed by atoms with Crippen LogP contribution in [-0.4, -0.2) is 55.3 Å². The Morgan fingerprint density at radius 2 is 2.10 bits per heavy atom. The van der Waals surface area contributed by atoms with E-state index in [0.29, 0.717) is 17.0 Å². The Bertz CT molecular complexity index is 574. The van der Waals surface area contributed by atoms with E-state index in [2.05, 4.69) is 10.1 Å². The number of anilines is 1. The summed E-state index contributed by atoms with van der Waals surface area (Å²) in [6.45, 7) is 0.876. The van der Waals surface area contributed by atoms with E-state index in [-0.39, 0.29) is 0 Å². The molecule has 0 unspecified atom stereocenters. The molecule has 2 aromatic heterocycles. The fraction of sp³-hybridized carbons (Fsp3) is 0.500. The molecule has 8 heteroatoms. The topological polar surface area (TPSA) is 126 Å². The van der Waals surface area contributed by atoms with Crippen LogP contribution in [0.3, 0.4) is 0 Å². The van der Waals surface area contributed by atoms with Gasteiger partial charge >= 0.3 is 0 Å². The lowest BCUT2D eigenvalue weighted by Gasteiger charge is -2.23. The van der Waals surface area contributed by atoms with E-state index in [1.54, 1.807) is 23.6 Å². The number of nitrogens with two attached hydrogens (primary N) is 1. The largest absolute Gasteiger partial charge is 0.394 e. The molecule has 3 atom stereocenters. The third kappa shape index (κ3) is 2.73. The highest BCUT2D eigenvalue weighted by Crippen LogP contribution is 2.23. The fourth-order valence-corrected chi connectivity index (χ4v) is 1.99. The minimum atomic E-state index is -1.15. The molecule has 0 aliphatic rings. The number of aliphatic hydroxyl groups is 3. The third-order valence-electron chi connectivity index (χ3n) is 3.10. The van der Waals surface area contributed by atoms with E-state index in [0.717, 1.165) is 0 Å². The molecule has 0 bridgehead atoms. The first kappa shape index (κ1) is 14.7. The van der Waals surface area contributed by atoms with E-state index < -0.39 is 31.5 Å². The van der Waals surface area contributed by atoms with Gasteiger partial charge in [0, 0.05) is 0 Å². The van der Waals surface area contributed by atoms with Crippen molar-refractivity contribution in [2.75, 3.05) is 18.9 Å². The van der Waals surface area contributed by atoms with Gasteiger partial charge in [0.25, 0.3) is 0 Å². The molecule has 0 radical (unpaired) electrons. The molecule has 0 saturated carbocycles. The van der Waals surface area contributed by atoms with Crippen molar-refractivity contribution in [2.24, 2.45) is 0 Å². The van der Waals surface area contributed by atoms with Crippen molar-refractivity contribution in [1.82, 2.24) is 14.6 Å². The Labute approximate surface area is 115 Å². The highest BCUT2D eigenvalue weighted by Gasteiger charge is 2.23. The molecule has 110 valence electrons. The van der Waals surface area contributed by atoms with Crippen LogP contribution in [0, 0.1) is 0 Å². The summed E-state index contributed by atoms with van der Waals surface area (Å²) in [6.07, 6.45) is -1.14. The third-order valence-corrected chi connectivity index (χ3v) is 3.10. The van der Waals surface area contributed by atoms with Crippen LogP contribution >= 0.6 is 0 Å². The van der Waals surface area contributed by atoms with Crippen LogP contribution in [0.2, 0.25) is 0 Å². The van der Waals surface area contributed by atoms with E-state index in [9.17, 15) is 10.2 Å². The van der Waals surface area contributed by atoms with Gasteiger partial charge in [-0.3, -0.25) is 0 Å². The lowest BCUT2D eigenvalue weighted by atomic mass is 10.2. The number of rotatable bonds is 6. The van der Waals surface area contributed by atoms with Crippen LogP contribution in [0.5, 0.6) is 0 Å². The van der Waals surface area contributed by atoms with E-state index in [1.165, 1.54) is 6.33 Å². The van der Waals surface area contributed by atoms with Crippen molar-refractivity contribution in [3.05, 3.63) is 24.2 Å². The van der Waals surface area contributed by atoms with Crippen molar-refractivity contribution in [2.45, 2.75) is 25.2 Å². The molecule has 5 N–H and O–H groups in total. The summed E-state index contributed by atoms with van der Waals surface area (Å²) in [5, 5.41) is 31.7. The minimum Gasteiger partial charge on any atom is -0.394 e. The van der Waals surface area contributed by atoms with Crippen LogP contribution < -0.4 is 5.73 Å². The zero-order valence-electron chi connectivity index (χ0n) is 11.0. The summed E-state index contributed by atoms with van der Waals surface area (Å²) in [5.41, 5.74) is 7.10. The predicted molar refractivity (Wildman–Crippen MR) is 70.9 cm³/mol. The molecule has 8 nitrogen and oxygen atoms in total. The predicted octanol–water partition coefficient (Wildman–Crippen LogP) is -0.897. The van der Waals surface area contributed by atoms with Crippen LogP contribution in [0.25, 0.3) is 5.52 Å². The standard InChI is InChI=1S/C12H18N4O4/c1-7(20-11(5-18)10(19)4-17)8-2-3-9-12(13)14-6-15-16(8)9/h2-3,6-7,10-11,17-19H,4-5H2,1H3,(H2,13,14,15)/t7-,10-,11+/m0/s1. The molecular weight excluding hydrogens is 264 g/mol. The van der Waals surface area contributed by atoms with Crippen LogP contribution in [0.1, 0.15) is 18.7 Å². The number of aromatic nitrogens is 3. The molecule has 2 aromatic rings. The van der Waals surface area contributed by atoms with Gasteiger partial charge in [0.1, 0.15) is 24.1 Å². The van der Waals surface area contributed by atoms with Gasteiger partial charge < -0.3 is 25.8 Å². The first-order valence-corrected chi connectivity index (χ1v) is 6.21. The fourth-order valence-electron chi connectivity index (χ4n) is 1.99. The molecule has 0 aliphatic heterocycles. The van der Waals surface area contributed by atoms with Crippen LogP contribution in [-0.2, 0) is 4.74 Å². The molecule has 0 aliphatic carbocycles. The van der Waals surface area contributed by atoms with E-state index in [4.69, 9.17) is 15.6 Å². The van der Waals surface area contributed by atoms with E-state index >= 15 is 0 Å². The molecule has 20 heavy (non-hydrogen) atoms. The average molecular weight is 282 g/mol. The number of nitrogen functional groups attached to an aromatic ring is 1. The maximum absolute atomic E-state index is 9.53. The number of ether oxygens (including phenoxy) is 1. The Morgan fingerprint density at radius 1 is 1.35 bits per heavy atom. The first-order valence-electron chi connectivity index (χ1n) is 6.21. The zero-order chi connectivity index (χ0) is 14.7. The van der Waals surface area contributed by atoms with Gasteiger partial charge in [-0.25, -0.2) is 9.50 Å². The Kier molecular flexibility index (Phi) is 4.50. The quantitative estimate of drug-likeness (QED) is 0.541. The maximum atomic E-state index is 9.53. The van der Waals surface area contributed by atoms with Crippen molar-refractivity contribution in [3.63, 3.8) is 0 Å². The molecule has 2 rings (SSSR count). The van der Waals surface area contributed by atoms with Gasteiger partial charge in [0.15, 0.2) is 5.82 Å². The van der Waals surface area contributed by atoms with Crippen molar-refractivity contribution >= 4 is 11.3 Å². The highest BCUT2D eigenvalue weighted by molar-refractivity contribution is 5.65. The normalized spacial score (nSPS) is 16.2. The SMILES string of the molecule is C[C@H](O[C@H](CO)[C@@H](O)CO)c1ccc2c(N)ncnn12. The summed E-state index contributed by atoms with van der Waals surface area (Å²) in [4.78, 5) is 3.89. The van der Waals surface area contributed by atoms with Crippen molar-refractivity contribution < 1.29 is 20.1 Å². The maximum Gasteiger partial charge on any atom is 0.151 e. The molecule has 0 saturated heterocycles. The number of nitrogens with zero attached hydrogens (tertiary/aromatic N) is 3. The summed E-state index contributed by atoms with van der Waals surface area (Å²) >= 11 is 0. The first-order chi connectivity index (χ1) is 9.58. The van der Waals surface area contributed by atoms with Crippen molar-refractivity contribution in [1.29, 1.82) is 0 Å². The van der Waals surface area contributed by atoms with Crippen molar-refractivity contribution in [3.8, 4) is 0 Å². The lowest BCUT2D eigenvalue weighted by molar-refractivity contribution is -0.108. The summed E-state index contributed by atoms with van der Waals surface area (Å²) < 4.78 is 7.15. The minimum absolute atomic E-state index is 0.354. The number of hydrogen-bond donors (Lipinski definition) is 4. The average Bonchev–Trinajstić information content (AvgIpc) is 2.89. The van der Waals surface area contributed by atoms with Gasteiger partial charge in [0.05, 0.1) is 25.0 Å². The molecule has 0 spiro atoms. The monoisotopic (exact) mass is 282 g/mol. The van der Waals surface area contributed by atoms with Gasteiger partial charge in [-0.15, -0.1) is 0 Å². The number of hydrogen-bond acceptors (Lipinski definition) is 7. The summed E-state index contributed by atoms with van der Waals surface area (Å²) in [5.74, 6) is 0.354. The molecule has 0 aromatic carbocycles. The van der Waals surface area contributed by atoms with Gasteiger partial charge in [0.2, 0.25) is 0 Å². The Morgan fingerprint density at radius 3 is 2.75 bits per heavy atom. The number of aliphatic hydroxyl groups excluding tert-OH is 3. The molecule has 0 fully saturated rings.